The van der Waals surface area contributed by atoms with Crippen LogP contribution >= 0.6 is 0 Å². The minimum Gasteiger partial charge on any atom is -0.465 e. The summed E-state index contributed by atoms with van der Waals surface area (Å²) in [6.07, 6.45) is -4.74. The third-order valence-corrected chi connectivity index (χ3v) is 3.57. The number of rotatable bonds is 4. The van der Waals surface area contributed by atoms with Crippen molar-refractivity contribution in [1.82, 2.24) is 0 Å². The van der Waals surface area contributed by atoms with Crippen LogP contribution in [0.5, 0.6) is 0 Å². The first-order chi connectivity index (χ1) is 12.7. The van der Waals surface area contributed by atoms with Gasteiger partial charge in [0.25, 0.3) is 5.91 Å². The van der Waals surface area contributed by atoms with Gasteiger partial charge in [0.15, 0.2) is 0 Å². The van der Waals surface area contributed by atoms with E-state index < -0.39 is 35.1 Å². The summed E-state index contributed by atoms with van der Waals surface area (Å²) >= 11 is 0. The molecule has 2 aromatic rings. The van der Waals surface area contributed by atoms with Gasteiger partial charge >= 0.3 is 18.1 Å². The maximum Gasteiger partial charge on any atom is 0.417 e. The molecule has 2 aromatic carbocycles. The van der Waals surface area contributed by atoms with E-state index in [0.29, 0.717) is 0 Å². The quantitative estimate of drug-likeness (QED) is 0.820. The SMILES string of the molecule is COC(=O)c1ccc(C(=O)OC)c(NC(=O)c2ccccc2C(F)(F)F)c1. The molecule has 0 aliphatic carbocycles. The third kappa shape index (κ3) is 4.43. The number of esters is 2. The number of carbonyl (C=O) groups excluding carboxylic acids is 3. The van der Waals surface area contributed by atoms with Crippen LogP contribution in [0.3, 0.4) is 0 Å². The Hall–Kier alpha value is -3.36. The van der Waals surface area contributed by atoms with Crippen molar-refractivity contribution in [3.63, 3.8) is 0 Å². The highest BCUT2D eigenvalue weighted by Gasteiger charge is 2.35. The van der Waals surface area contributed by atoms with Gasteiger partial charge in [-0.05, 0) is 30.3 Å². The molecule has 0 unspecified atom stereocenters. The first-order valence-corrected chi connectivity index (χ1v) is 7.47. The smallest absolute Gasteiger partial charge is 0.417 e. The largest absolute Gasteiger partial charge is 0.465 e. The van der Waals surface area contributed by atoms with E-state index in [1.54, 1.807) is 0 Å². The van der Waals surface area contributed by atoms with E-state index in [2.05, 4.69) is 14.8 Å². The molecule has 1 amide bonds. The van der Waals surface area contributed by atoms with E-state index in [0.717, 1.165) is 38.5 Å². The highest BCUT2D eigenvalue weighted by atomic mass is 19.4. The number of halogens is 3. The van der Waals surface area contributed by atoms with Crippen molar-refractivity contribution in [1.29, 1.82) is 0 Å². The van der Waals surface area contributed by atoms with E-state index in [1.165, 1.54) is 18.2 Å². The number of hydrogen-bond acceptors (Lipinski definition) is 5. The minimum absolute atomic E-state index is 0.00967. The molecule has 0 aliphatic heterocycles. The maximum atomic E-state index is 13.1. The zero-order valence-electron chi connectivity index (χ0n) is 14.2. The van der Waals surface area contributed by atoms with Crippen molar-refractivity contribution in [2.24, 2.45) is 0 Å². The Bertz CT molecular complexity index is 893. The molecular weight excluding hydrogens is 367 g/mol. The minimum atomic E-state index is -4.74. The van der Waals surface area contributed by atoms with E-state index in [4.69, 9.17) is 0 Å². The molecule has 0 atom stereocenters. The van der Waals surface area contributed by atoms with Crippen LogP contribution in [0.25, 0.3) is 0 Å². The molecule has 0 radical (unpaired) electrons. The van der Waals surface area contributed by atoms with Crippen LogP contribution in [0.2, 0.25) is 0 Å². The fourth-order valence-electron chi connectivity index (χ4n) is 2.30. The highest BCUT2D eigenvalue weighted by Crippen LogP contribution is 2.32. The average molecular weight is 381 g/mol. The third-order valence-electron chi connectivity index (χ3n) is 3.57. The predicted octanol–water partition coefficient (Wildman–Crippen LogP) is 3.53. The van der Waals surface area contributed by atoms with E-state index in [-0.39, 0.29) is 16.8 Å². The van der Waals surface area contributed by atoms with Gasteiger partial charge in [-0.15, -0.1) is 0 Å². The molecule has 6 nitrogen and oxygen atoms in total. The number of ether oxygens (including phenoxy) is 2. The Kier molecular flexibility index (Phi) is 5.84. The number of anilines is 1. The fourth-order valence-corrected chi connectivity index (χ4v) is 2.30. The number of amides is 1. The van der Waals surface area contributed by atoms with Crippen LogP contribution in [0.15, 0.2) is 42.5 Å². The summed E-state index contributed by atoms with van der Waals surface area (Å²) in [6.45, 7) is 0. The van der Waals surface area contributed by atoms with Gasteiger partial charge < -0.3 is 14.8 Å². The standard InChI is InChI=1S/C18H14F3NO5/c1-26-16(24)10-7-8-12(17(25)27-2)14(9-10)22-15(23)11-5-3-4-6-13(11)18(19,20)21/h3-9H,1-2H3,(H,22,23). The number of nitrogens with one attached hydrogen (secondary N) is 1. The summed E-state index contributed by atoms with van der Waals surface area (Å²) in [7, 11) is 2.23. The van der Waals surface area contributed by atoms with Gasteiger partial charge in [-0.25, -0.2) is 9.59 Å². The number of hydrogen-bond donors (Lipinski definition) is 1. The number of methoxy groups -OCH3 is 2. The molecule has 142 valence electrons. The molecule has 2 rings (SSSR count). The lowest BCUT2D eigenvalue weighted by Gasteiger charge is -2.14. The Labute approximate surface area is 151 Å². The Morgan fingerprint density at radius 3 is 2.11 bits per heavy atom. The summed E-state index contributed by atoms with van der Waals surface area (Å²) < 4.78 is 48.5. The molecule has 0 aliphatic rings. The second-order valence-electron chi connectivity index (χ2n) is 5.24. The fraction of sp³-hybridized carbons (Fsp3) is 0.167. The topological polar surface area (TPSA) is 81.7 Å². The van der Waals surface area contributed by atoms with E-state index >= 15 is 0 Å². The molecule has 0 saturated carbocycles. The van der Waals surface area contributed by atoms with Crippen molar-refractivity contribution in [2.75, 3.05) is 19.5 Å². The van der Waals surface area contributed by atoms with Gasteiger partial charge in [-0.1, -0.05) is 12.1 Å². The van der Waals surface area contributed by atoms with Gasteiger partial charge in [0.05, 0.1) is 42.2 Å². The van der Waals surface area contributed by atoms with Crippen molar-refractivity contribution >= 4 is 23.5 Å². The second-order valence-corrected chi connectivity index (χ2v) is 5.24. The molecule has 1 N–H and O–H groups in total. The van der Waals surface area contributed by atoms with Crippen LogP contribution in [-0.4, -0.2) is 32.1 Å². The van der Waals surface area contributed by atoms with Gasteiger partial charge in [0, 0.05) is 0 Å². The van der Waals surface area contributed by atoms with Crippen LogP contribution < -0.4 is 5.32 Å². The van der Waals surface area contributed by atoms with Crippen molar-refractivity contribution < 1.29 is 37.0 Å². The van der Waals surface area contributed by atoms with Crippen LogP contribution in [0.4, 0.5) is 18.9 Å². The van der Waals surface area contributed by atoms with Crippen LogP contribution in [0, 0.1) is 0 Å². The summed E-state index contributed by atoms with van der Waals surface area (Å²) in [5.41, 5.74) is -2.10. The molecular formula is C18H14F3NO5. The molecule has 0 fully saturated rings. The van der Waals surface area contributed by atoms with Gasteiger partial charge in [-0.2, -0.15) is 13.2 Å². The molecule has 0 aromatic heterocycles. The lowest BCUT2D eigenvalue weighted by molar-refractivity contribution is -0.137. The molecule has 0 saturated heterocycles. The van der Waals surface area contributed by atoms with E-state index in [1.807, 2.05) is 0 Å². The van der Waals surface area contributed by atoms with Crippen molar-refractivity contribution in [2.45, 2.75) is 6.18 Å². The Morgan fingerprint density at radius 2 is 1.52 bits per heavy atom. The first kappa shape index (κ1) is 20.0. The van der Waals surface area contributed by atoms with Crippen LogP contribution in [0.1, 0.15) is 36.6 Å². The molecule has 0 bridgehead atoms. The van der Waals surface area contributed by atoms with Crippen molar-refractivity contribution in [3.8, 4) is 0 Å². The second kappa shape index (κ2) is 7.90. The monoisotopic (exact) mass is 381 g/mol. The number of carbonyl (C=O) groups is 3. The van der Waals surface area contributed by atoms with Gasteiger partial charge in [0.1, 0.15) is 0 Å². The number of alkyl halides is 3. The first-order valence-electron chi connectivity index (χ1n) is 7.47. The highest BCUT2D eigenvalue weighted by molar-refractivity contribution is 6.09. The molecule has 9 heteroatoms. The van der Waals surface area contributed by atoms with Gasteiger partial charge in [-0.3, -0.25) is 4.79 Å². The van der Waals surface area contributed by atoms with Crippen LogP contribution in [-0.2, 0) is 15.7 Å². The normalized spacial score (nSPS) is 10.9. The maximum absolute atomic E-state index is 13.1. The predicted molar refractivity (Wildman–Crippen MR) is 88.5 cm³/mol. The molecule has 0 heterocycles. The lowest BCUT2D eigenvalue weighted by atomic mass is 10.0. The molecule has 0 spiro atoms. The van der Waals surface area contributed by atoms with Gasteiger partial charge in [0.2, 0.25) is 0 Å². The average Bonchev–Trinajstić information content (AvgIpc) is 2.65. The van der Waals surface area contributed by atoms with E-state index in [9.17, 15) is 27.6 Å². The summed E-state index contributed by atoms with van der Waals surface area (Å²) in [5.74, 6) is -2.70. The zero-order valence-corrected chi connectivity index (χ0v) is 14.2. The molecule has 27 heavy (non-hydrogen) atoms. The Balaban J connectivity index is 2.48. The van der Waals surface area contributed by atoms with Crippen molar-refractivity contribution in [3.05, 3.63) is 64.7 Å². The summed E-state index contributed by atoms with van der Waals surface area (Å²) in [6, 6.07) is 7.77. The number of benzene rings is 2. The summed E-state index contributed by atoms with van der Waals surface area (Å²) in [5, 5.41) is 2.23. The zero-order chi connectivity index (χ0) is 20.2. The Morgan fingerprint density at radius 1 is 0.889 bits per heavy atom. The lowest BCUT2D eigenvalue weighted by Crippen LogP contribution is -2.20. The summed E-state index contributed by atoms with van der Waals surface area (Å²) in [4.78, 5) is 35.9.